The predicted molar refractivity (Wildman–Crippen MR) is 153 cm³/mol. The molecule has 0 radical (unpaired) electrons. The first kappa shape index (κ1) is 30.6. The standard InChI is InChI=1S/C27H31Cl2N3O6S/c1-27(2,3)38-26(36)32-12-13-39-15-21(32)23(33)31-20(25(35)37-4)14-16-8-10-17(11-9-16)30-24(34)22-18(28)6-5-7-19(22)29/h5-11,20-21H,12-15H2,1-4H3,(H,30,34)(H,31,33)/t20-,21?/m0/s1. The van der Waals surface area contributed by atoms with Crippen molar-refractivity contribution in [2.24, 2.45) is 0 Å². The van der Waals surface area contributed by atoms with Gasteiger partial charge in [0.05, 0.1) is 22.7 Å². The molecule has 1 heterocycles. The normalized spacial score (nSPS) is 16.2. The molecule has 1 aliphatic heterocycles. The molecule has 0 saturated carbocycles. The molecule has 2 N–H and O–H groups in total. The molecule has 1 aliphatic rings. The van der Waals surface area contributed by atoms with Crippen molar-refractivity contribution >= 4 is 64.5 Å². The fourth-order valence-electron chi connectivity index (χ4n) is 3.83. The molecule has 0 bridgehead atoms. The molecule has 2 aromatic carbocycles. The van der Waals surface area contributed by atoms with Gasteiger partial charge in [-0.05, 0) is 50.6 Å². The summed E-state index contributed by atoms with van der Waals surface area (Å²) in [6.45, 7) is 5.63. The van der Waals surface area contributed by atoms with E-state index in [0.29, 0.717) is 29.3 Å². The van der Waals surface area contributed by atoms with Gasteiger partial charge < -0.3 is 20.1 Å². The third-order valence-corrected chi connectivity index (χ3v) is 7.36. The van der Waals surface area contributed by atoms with E-state index in [2.05, 4.69) is 10.6 Å². The lowest BCUT2D eigenvalue weighted by atomic mass is 10.0. The lowest BCUT2D eigenvalue weighted by molar-refractivity contribution is -0.145. The van der Waals surface area contributed by atoms with Crippen LogP contribution in [0.3, 0.4) is 0 Å². The molecule has 0 aliphatic carbocycles. The average Bonchev–Trinajstić information content (AvgIpc) is 2.87. The van der Waals surface area contributed by atoms with Gasteiger partial charge in [0.1, 0.15) is 17.7 Å². The van der Waals surface area contributed by atoms with E-state index in [1.807, 2.05) is 0 Å². The third-order valence-electron chi connectivity index (χ3n) is 5.70. The van der Waals surface area contributed by atoms with E-state index in [4.69, 9.17) is 32.7 Å². The molecular formula is C27H31Cl2N3O6S. The number of thioether (sulfide) groups is 1. The van der Waals surface area contributed by atoms with Crippen LogP contribution in [0.1, 0.15) is 36.7 Å². The SMILES string of the molecule is COC(=O)[C@H](Cc1ccc(NC(=O)c2c(Cl)cccc2Cl)cc1)NC(=O)C1CSCCN1C(=O)OC(C)(C)C. The molecule has 1 unspecified atom stereocenters. The van der Waals surface area contributed by atoms with Crippen molar-refractivity contribution in [2.75, 3.05) is 30.5 Å². The number of nitrogens with zero attached hydrogens (tertiary/aromatic N) is 1. The second kappa shape index (κ2) is 13.4. The maximum Gasteiger partial charge on any atom is 0.411 e. The molecule has 9 nitrogen and oxygen atoms in total. The zero-order valence-electron chi connectivity index (χ0n) is 22.1. The monoisotopic (exact) mass is 595 g/mol. The largest absolute Gasteiger partial charge is 0.467 e. The number of benzene rings is 2. The maximum absolute atomic E-state index is 13.2. The van der Waals surface area contributed by atoms with E-state index in [9.17, 15) is 19.2 Å². The Hall–Kier alpha value is -2.95. The summed E-state index contributed by atoms with van der Waals surface area (Å²) in [7, 11) is 1.24. The molecule has 2 atom stereocenters. The highest BCUT2D eigenvalue weighted by Crippen LogP contribution is 2.26. The number of amides is 3. The van der Waals surface area contributed by atoms with Gasteiger partial charge in [-0.25, -0.2) is 9.59 Å². The summed E-state index contributed by atoms with van der Waals surface area (Å²) in [5, 5.41) is 5.94. The van der Waals surface area contributed by atoms with Crippen LogP contribution in [0.5, 0.6) is 0 Å². The number of nitrogens with one attached hydrogen (secondary N) is 2. The Morgan fingerprint density at radius 1 is 1.08 bits per heavy atom. The Morgan fingerprint density at radius 3 is 2.31 bits per heavy atom. The van der Waals surface area contributed by atoms with E-state index in [1.165, 1.54) is 12.0 Å². The van der Waals surface area contributed by atoms with Crippen LogP contribution in [0.15, 0.2) is 42.5 Å². The molecule has 0 spiro atoms. The Labute approximate surface area is 241 Å². The molecule has 0 aromatic heterocycles. The van der Waals surface area contributed by atoms with Crippen molar-refractivity contribution < 1.29 is 28.7 Å². The second-order valence-electron chi connectivity index (χ2n) is 9.80. The lowest BCUT2D eigenvalue weighted by Gasteiger charge is -2.36. The number of carbonyl (C=O) groups is 4. The number of esters is 1. The molecule has 210 valence electrons. The Bertz CT molecular complexity index is 1200. The molecule has 1 fully saturated rings. The molecule has 1 saturated heterocycles. The van der Waals surface area contributed by atoms with E-state index >= 15 is 0 Å². The molecule has 3 amide bonds. The minimum Gasteiger partial charge on any atom is -0.467 e. The number of anilines is 1. The Balaban J connectivity index is 1.68. The van der Waals surface area contributed by atoms with Gasteiger partial charge in [0, 0.05) is 30.2 Å². The van der Waals surface area contributed by atoms with E-state index in [0.717, 1.165) is 0 Å². The van der Waals surface area contributed by atoms with Crippen LogP contribution in [0.4, 0.5) is 10.5 Å². The summed E-state index contributed by atoms with van der Waals surface area (Å²) in [6.07, 6.45) is -0.441. The van der Waals surface area contributed by atoms with E-state index in [-0.39, 0.29) is 22.0 Å². The van der Waals surface area contributed by atoms with Crippen LogP contribution < -0.4 is 10.6 Å². The van der Waals surface area contributed by atoms with Crippen molar-refractivity contribution in [3.8, 4) is 0 Å². The third kappa shape index (κ3) is 8.52. The van der Waals surface area contributed by atoms with E-state index in [1.54, 1.807) is 75.0 Å². The van der Waals surface area contributed by atoms with Gasteiger partial charge in [-0.2, -0.15) is 11.8 Å². The van der Waals surface area contributed by atoms with Crippen molar-refractivity contribution in [3.63, 3.8) is 0 Å². The van der Waals surface area contributed by atoms with Gasteiger partial charge in [-0.1, -0.05) is 41.4 Å². The van der Waals surface area contributed by atoms with Gasteiger partial charge in [0.2, 0.25) is 5.91 Å². The molecule has 12 heteroatoms. The van der Waals surface area contributed by atoms with Gasteiger partial charge in [-0.3, -0.25) is 14.5 Å². The van der Waals surface area contributed by atoms with Crippen molar-refractivity contribution in [1.29, 1.82) is 0 Å². The average molecular weight is 597 g/mol. The summed E-state index contributed by atoms with van der Waals surface area (Å²) >= 11 is 13.8. The molecule has 39 heavy (non-hydrogen) atoms. The van der Waals surface area contributed by atoms with Crippen LogP contribution >= 0.6 is 35.0 Å². The number of rotatable bonds is 7. The van der Waals surface area contributed by atoms with Gasteiger partial charge in [0.25, 0.3) is 5.91 Å². The lowest BCUT2D eigenvalue weighted by Crippen LogP contribution is -2.57. The predicted octanol–water partition coefficient (Wildman–Crippen LogP) is 4.80. The molecule has 2 aromatic rings. The van der Waals surface area contributed by atoms with Crippen molar-refractivity contribution in [2.45, 2.75) is 44.9 Å². The van der Waals surface area contributed by atoms with Crippen molar-refractivity contribution in [1.82, 2.24) is 10.2 Å². The van der Waals surface area contributed by atoms with Crippen LogP contribution in [0.2, 0.25) is 10.0 Å². The van der Waals surface area contributed by atoms with Crippen LogP contribution in [0, 0.1) is 0 Å². The number of hydrogen-bond acceptors (Lipinski definition) is 7. The second-order valence-corrected chi connectivity index (χ2v) is 11.8. The fraction of sp³-hybridized carbons (Fsp3) is 0.407. The van der Waals surface area contributed by atoms with Crippen molar-refractivity contribution in [3.05, 3.63) is 63.6 Å². The summed E-state index contributed by atoms with van der Waals surface area (Å²) in [6, 6.07) is 9.78. The van der Waals surface area contributed by atoms with Crippen LogP contribution in [-0.4, -0.2) is 71.6 Å². The number of ether oxygens (including phenoxy) is 2. The van der Waals surface area contributed by atoms with E-state index < -0.39 is 41.6 Å². The number of methoxy groups -OCH3 is 1. The number of carbonyl (C=O) groups excluding carboxylic acids is 4. The summed E-state index contributed by atoms with van der Waals surface area (Å²) in [4.78, 5) is 52.5. The first-order valence-corrected chi connectivity index (χ1v) is 14.1. The smallest absolute Gasteiger partial charge is 0.411 e. The zero-order valence-corrected chi connectivity index (χ0v) is 24.4. The highest BCUT2D eigenvalue weighted by molar-refractivity contribution is 7.99. The quantitative estimate of drug-likeness (QED) is 0.442. The minimum atomic E-state index is -0.989. The van der Waals surface area contributed by atoms with Gasteiger partial charge >= 0.3 is 12.1 Å². The Kier molecular flexibility index (Phi) is 10.5. The zero-order chi connectivity index (χ0) is 28.7. The van der Waals surface area contributed by atoms with Gasteiger partial charge in [-0.15, -0.1) is 0 Å². The highest BCUT2D eigenvalue weighted by atomic mass is 35.5. The van der Waals surface area contributed by atoms with Crippen LogP contribution in [-0.2, 0) is 25.5 Å². The maximum atomic E-state index is 13.2. The molecule has 3 rings (SSSR count). The Morgan fingerprint density at radius 2 is 1.72 bits per heavy atom. The number of hydrogen-bond donors (Lipinski definition) is 2. The molecular weight excluding hydrogens is 565 g/mol. The first-order valence-electron chi connectivity index (χ1n) is 12.2. The minimum absolute atomic E-state index is 0.134. The van der Waals surface area contributed by atoms with Crippen LogP contribution in [0.25, 0.3) is 0 Å². The fourth-order valence-corrected chi connectivity index (χ4v) is 5.45. The summed E-state index contributed by atoms with van der Waals surface area (Å²) in [5.41, 5.74) is 0.662. The van der Waals surface area contributed by atoms with Gasteiger partial charge in [0.15, 0.2) is 0 Å². The summed E-state index contributed by atoms with van der Waals surface area (Å²) in [5.74, 6) is -0.499. The first-order chi connectivity index (χ1) is 18.4. The topological polar surface area (TPSA) is 114 Å². The summed E-state index contributed by atoms with van der Waals surface area (Å²) < 4.78 is 10.4. The number of halogens is 2. The highest BCUT2D eigenvalue weighted by Gasteiger charge is 2.37.